The number of carboxylic acid groups (broad SMARTS) is 1. The topological polar surface area (TPSA) is 80.4 Å². The minimum absolute atomic E-state index is 0.110. The number of nitrogens with zero attached hydrogens (tertiary/aromatic N) is 4. The Labute approximate surface area is 108 Å². The van der Waals surface area contributed by atoms with Gasteiger partial charge in [0.1, 0.15) is 12.0 Å². The third-order valence-corrected chi connectivity index (χ3v) is 2.73. The molecule has 0 unspecified atom stereocenters. The number of hydrogen-bond donors (Lipinski definition) is 1. The summed E-state index contributed by atoms with van der Waals surface area (Å²) in [5.41, 5.74) is 2.68. The molecule has 0 aliphatic heterocycles. The van der Waals surface area contributed by atoms with E-state index >= 15 is 0 Å². The van der Waals surface area contributed by atoms with E-state index < -0.39 is 5.97 Å². The van der Waals surface area contributed by atoms with Gasteiger partial charge in [0.15, 0.2) is 0 Å². The van der Waals surface area contributed by atoms with E-state index in [-0.39, 0.29) is 6.42 Å². The summed E-state index contributed by atoms with van der Waals surface area (Å²) in [6.45, 7) is 0. The van der Waals surface area contributed by atoms with E-state index in [0.717, 1.165) is 5.69 Å². The van der Waals surface area contributed by atoms with Crippen LogP contribution in [0.5, 0.6) is 0 Å². The van der Waals surface area contributed by atoms with Gasteiger partial charge in [0, 0.05) is 6.20 Å². The summed E-state index contributed by atoms with van der Waals surface area (Å²) in [5, 5.41) is 13.2. The van der Waals surface area contributed by atoms with E-state index in [1.165, 1.54) is 6.33 Å². The molecule has 0 aromatic carbocycles. The maximum absolute atomic E-state index is 10.7. The maximum Gasteiger partial charge on any atom is 0.309 e. The zero-order chi connectivity index (χ0) is 13.2. The highest BCUT2D eigenvalue weighted by Gasteiger charge is 2.10. The van der Waals surface area contributed by atoms with E-state index in [0.29, 0.717) is 16.9 Å². The first-order valence-electron chi connectivity index (χ1n) is 5.70. The third-order valence-electron chi connectivity index (χ3n) is 2.73. The van der Waals surface area contributed by atoms with Gasteiger partial charge in [-0.2, -0.15) is 5.10 Å². The molecule has 3 aromatic heterocycles. The molecule has 0 spiro atoms. The zero-order valence-electron chi connectivity index (χ0n) is 9.89. The van der Waals surface area contributed by atoms with Crippen LogP contribution in [0.4, 0.5) is 0 Å². The normalized spacial score (nSPS) is 10.7. The Morgan fingerprint density at radius 3 is 2.79 bits per heavy atom. The number of fused-ring (bicyclic) bond motifs is 1. The Morgan fingerprint density at radius 2 is 2.05 bits per heavy atom. The molecule has 0 aliphatic rings. The van der Waals surface area contributed by atoms with Crippen LogP contribution < -0.4 is 0 Å². The lowest BCUT2D eigenvalue weighted by Crippen LogP contribution is -2.01. The molecular weight excluding hydrogens is 244 g/mol. The van der Waals surface area contributed by atoms with E-state index in [2.05, 4.69) is 15.1 Å². The molecule has 0 aliphatic carbocycles. The van der Waals surface area contributed by atoms with Crippen LogP contribution in [-0.2, 0) is 11.2 Å². The molecule has 0 fully saturated rings. The van der Waals surface area contributed by atoms with Gasteiger partial charge in [-0.25, -0.2) is 9.50 Å². The molecule has 0 amide bonds. The summed E-state index contributed by atoms with van der Waals surface area (Å²) < 4.78 is 1.57. The van der Waals surface area contributed by atoms with Gasteiger partial charge in [-0.3, -0.25) is 9.78 Å². The molecule has 19 heavy (non-hydrogen) atoms. The average Bonchev–Trinajstić information content (AvgIpc) is 2.81. The lowest BCUT2D eigenvalue weighted by atomic mass is 10.2. The molecule has 6 heteroatoms. The zero-order valence-corrected chi connectivity index (χ0v) is 9.89. The van der Waals surface area contributed by atoms with E-state index in [1.807, 2.05) is 30.3 Å². The summed E-state index contributed by atoms with van der Waals surface area (Å²) in [7, 11) is 0. The van der Waals surface area contributed by atoms with Crippen LogP contribution in [0.25, 0.3) is 16.9 Å². The number of imidazole rings is 1. The van der Waals surface area contributed by atoms with Crippen molar-refractivity contribution in [3.8, 4) is 11.4 Å². The standard InChI is InChI=1S/C13H10N4O2/c18-13(19)7-11-12-5-4-10(16-17(12)8-15-11)9-3-1-2-6-14-9/h1-6,8H,7H2,(H,18,19). The summed E-state index contributed by atoms with van der Waals surface area (Å²) in [5.74, 6) is -0.908. The van der Waals surface area contributed by atoms with Crippen LogP contribution >= 0.6 is 0 Å². The van der Waals surface area contributed by atoms with Crippen molar-refractivity contribution in [3.63, 3.8) is 0 Å². The first kappa shape index (κ1) is 11.3. The van der Waals surface area contributed by atoms with E-state index in [1.54, 1.807) is 10.7 Å². The minimum atomic E-state index is -0.908. The first-order valence-corrected chi connectivity index (χ1v) is 5.70. The van der Waals surface area contributed by atoms with Crippen molar-refractivity contribution in [1.29, 1.82) is 0 Å². The number of aliphatic carboxylic acids is 1. The van der Waals surface area contributed by atoms with Crippen LogP contribution in [0, 0.1) is 0 Å². The number of carbonyl (C=O) groups is 1. The number of rotatable bonds is 3. The van der Waals surface area contributed by atoms with Crippen molar-refractivity contribution in [1.82, 2.24) is 19.6 Å². The van der Waals surface area contributed by atoms with Crippen LogP contribution in [0.15, 0.2) is 42.9 Å². The van der Waals surface area contributed by atoms with Crippen molar-refractivity contribution in [2.45, 2.75) is 6.42 Å². The monoisotopic (exact) mass is 254 g/mol. The second-order valence-corrected chi connectivity index (χ2v) is 4.03. The van der Waals surface area contributed by atoms with Gasteiger partial charge in [-0.15, -0.1) is 0 Å². The molecule has 3 rings (SSSR count). The number of hydrogen-bond acceptors (Lipinski definition) is 4. The molecule has 0 saturated heterocycles. The molecular formula is C13H10N4O2. The molecule has 3 heterocycles. The highest BCUT2D eigenvalue weighted by Crippen LogP contribution is 2.16. The molecule has 0 atom stereocenters. The summed E-state index contributed by atoms with van der Waals surface area (Å²) in [6.07, 6.45) is 3.10. The molecule has 0 radical (unpaired) electrons. The second-order valence-electron chi connectivity index (χ2n) is 4.03. The number of aromatic nitrogens is 4. The van der Waals surface area contributed by atoms with Gasteiger partial charge in [-0.05, 0) is 24.3 Å². The van der Waals surface area contributed by atoms with Crippen molar-refractivity contribution >= 4 is 11.5 Å². The number of pyridine rings is 1. The van der Waals surface area contributed by atoms with E-state index in [9.17, 15) is 4.79 Å². The fourth-order valence-electron chi connectivity index (χ4n) is 1.87. The molecule has 3 aromatic rings. The van der Waals surface area contributed by atoms with Gasteiger partial charge < -0.3 is 5.11 Å². The predicted octanol–water partition coefficient (Wildman–Crippen LogP) is 1.42. The minimum Gasteiger partial charge on any atom is -0.481 e. The fraction of sp³-hybridized carbons (Fsp3) is 0.0769. The summed E-state index contributed by atoms with van der Waals surface area (Å²) >= 11 is 0. The lowest BCUT2D eigenvalue weighted by molar-refractivity contribution is -0.136. The van der Waals surface area contributed by atoms with Gasteiger partial charge in [0.25, 0.3) is 0 Å². The summed E-state index contributed by atoms with van der Waals surface area (Å²) in [6, 6.07) is 9.21. The van der Waals surface area contributed by atoms with Crippen molar-refractivity contribution in [2.24, 2.45) is 0 Å². The van der Waals surface area contributed by atoms with Crippen molar-refractivity contribution in [3.05, 3.63) is 48.5 Å². The van der Waals surface area contributed by atoms with Crippen LogP contribution in [0.1, 0.15) is 5.69 Å². The van der Waals surface area contributed by atoms with Gasteiger partial charge in [-0.1, -0.05) is 6.07 Å². The molecule has 6 nitrogen and oxygen atoms in total. The Bertz CT molecular complexity index is 737. The fourth-order valence-corrected chi connectivity index (χ4v) is 1.87. The highest BCUT2D eigenvalue weighted by atomic mass is 16.4. The quantitative estimate of drug-likeness (QED) is 0.764. The first-order chi connectivity index (χ1) is 9.24. The van der Waals surface area contributed by atoms with Gasteiger partial charge >= 0.3 is 5.97 Å². The Kier molecular flexibility index (Phi) is 2.68. The maximum atomic E-state index is 10.7. The SMILES string of the molecule is O=C(O)Cc1ncn2nc(-c3ccccn3)ccc12. The van der Waals surface area contributed by atoms with Gasteiger partial charge in [0.05, 0.1) is 23.3 Å². The van der Waals surface area contributed by atoms with Crippen molar-refractivity contribution in [2.75, 3.05) is 0 Å². The smallest absolute Gasteiger partial charge is 0.309 e. The third kappa shape index (κ3) is 2.15. The largest absolute Gasteiger partial charge is 0.481 e. The average molecular weight is 254 g/mol. The van der Waals surface area contributed by atoms with E-state index in [4.69, 9.17) is 5.11 Å². The number of carboxylic acids is 1. The molecule has 1 N–H and O–H groups in total. The summed E-state index contributed by atoms with van der Waals surface area (Å²) in [4.78, 5) is 19.0. The highest BCUT2D eigenvalue weighted by molar-refractivity contribution is 5.73. The second kappa shape index (κ2) is 4.49. The Morgan fingerprint density at radius 1 is 1.16 bits per heavy atom. The van der Waals surface area contributed by atoms with Crippen LogP contribution in [0.2, 0.25) is 0 Å². The molecule has 94 valence electrons. The molecule has 0 saturated carbocycles. The predicted molar refractivity (Wildman–Crippen MR) is 67.6 cm³/mol. The lowest BCUT2D eigenvalue weighted by Gasteiger charge is -2.01. The van der Waals surface area contributed by atoms with Crippen LogP contribution in [0.3, 0.4) is 0 Å². The Hall–Kier alpha value is -2.76. The van der Waals surface area contributed by atoms with Crippen molar-refractivity contribution < 1.29 is 9.90 Å². The Balaban J connectivity index is 2.06. The molecule has 0 bridgehead atoms. The van der Waals surface area contributed by atoms with Gasteiger partial charge in [0.2, 0.25) is 0 Å². The van der Waals surface area contributed by atoms with Crippen LogP contribution in [-0.4, -0.2) is 30.7 Å².